The second-order valence-electron chi connectivity index (χ2n) is 8.74. The van der Waals surface area contributed by atoms with Crippen LogP contribution in [0.3, 0.4) is 0 Å². The maximum atomic E-state index is 12.1. The highest BCUT2D eigenvalue weighted by molar-refractivity contribution is 5.87. The molecule has 0 bridgehead atoms. The van der Waals surface area contributed by atoms with Crippen molar-refractivity contribution in [3.8, 4) is 17.2 Å². The molecule has 198 valence electrons. The number of imidazole rings is 1. The number of anilines is 3. The standard InChI is InChI=1S/C26H30N8O4/c1-36-19-12-18(13-20(37-2)23(19)38-3)30-24-22-25(32-26(31-24)28-15-17-6-4-8-27-14-17)34(16-29-22)11-10-33-9-5-7-21(33)35/h4,6,8,12-14,16H,5,7,9-11,15H2,1-3H3,(H2,28,30,31,32). The zero-order valence-electron chi connectivity index (χ0n) is 21.6. The van der Waals surface area contributed by atoms with Gasteiger partial charge in [0.15, 0.2) is 28.5 Å². The Bertz CT molecular complexity index is 1400. The predicted molar refractivity (Wildman–Crippen MR) is 142 cm³/mol. The van der Waals surface area contributed by atoms with Crippen molar-refractivity contribution in [2.24, 2.45) is 0 Å². The van der Waals surface area contributed by atoms with Crippen LogP contribution in [0.15, 0.2) is 43.0 Å². The van der Waals surface area contributed by atoms with E-state index in [1.165, 1.54) is 0 Å². The van der Waals surface area contributed by atoms with Crippen LogP contribution >= 0.6 is 0 Å². The fourth-order valence-corrected chi connectivity index (χ4v) is 4.42. The molecule has 0 saturated carbocycles. The normalized spacial score (nSPS) is 13.1. The van der Waals surface area contributed by atoms with Crippen molar-refractivity contribution in [2.75, 3.05) is 45.1 Å². The van der Waals surface area contributed by atoms with Gasteiger partial charge < -0.3 is 34.3 Å². The third-order valence-corrected chi connectivity index (χ3v) is 6.35. The molecule has 1 fully saturated rings. The van der Waals surface area contributed by atoms with Gasteiger partial charge in [0.25, 0.3) is 0 Å². The van der Waals surface area contributed by atoms with Crippen LogP contribution in [0.5, 0.6) is 17.2 Å². The molecule has 1 amide bonds. The lowest BCUT2D eigenvalue weighted by molar-refractivity contribution is -0.127. The lowest BCUT2D eigenvalue weighted by Crippen LogP contribution is -2.28. The Hall–Kier alpha value is -4.61. The Balaban J connectivity index is 1.49. The van der Waals surface area contributed by atoms with Crippen LogP contribution in [0.25, 0.3) is 11.2 Å². The van der Waals surface area contributed by atoms with E-state index in [1.54, 1.807) is 52.2 Å². The summed E-state index contributed by atoms with van der Waals surface area (Å²) in [6.07, 6.45) is 6.76. The van der Waals surface area contributed by atoms with E-state index in [4.69, 9.17) is 24.2 Å². The van der Waals surface area contributed by atoms with Crippen molar-refractivity contribution in [3.63, 3.8) is 0 Å². The summed E-state index contributed by atoms with van der Waals surface area (Å²) in [4.78, 5) is 32.2. The van der Waals surface area contributed by atoms with Gasteiger partial charge in [0, 0.05) is 62.8 Å². The molecule has 12 heteroatoms. The fourth-order valence-electron chi connectivity index (χ4n) is 4.42. The highest BCUT2D eigenvalue weighted by atomic mass is 16.5. The summed E-state index contributed by atoms with van der Waals surface area (Å²) in [5.74, 6) is 2.63. The molecule has 1 aromatic carbocycles. The molecule has 0 spiro atoms. The number of rotatable bonds is 11. The Kier molecular flexibility index (Phi) is 7.38. The molecule has 38 heavy (non-hydrogen) atoms. The Labute approximate surface area is 220 Å². The number of pyridine rings is 1. The van der Waals surface area contributed by atoms with Gasteiger partial charge >= 0.3 is 0 Å². The summed E-state index contributed by atoms with van der Waals surface area (Å²) in [5, 5.41) is 6.63. The number of hydrogen-bond donors (Lipinski definition) is 2. The van der Waals surface area contributed by atoms with Gasteiger partial charge in [0.05, 0.1) is 27.7 Å². The monoisotopic (exact) mass is 518 g/mol. The molecule has 1 saturated heterocycles. The van der Waals surface area contributed by atoms with Gasteiger partial charge in [-0.15, -0.1) is 0 Å². The van der Waals surface area contributed by atoms with Gasteiger partial charge in [0.1, 0.15) is 0 Å². The SMILES string of the molecule is COc1cc(Nc2nc(NCc3cccnc3)nc3c2ncn3CCN2CCCC2=O)cc(OC)c1OC. The second kappa shape index (κ2) is 11.2. The Morgan fingerprint density at radius 1 is 1.05 bits per heavy atom. The average molecular weight is 519 g/mol. The van der Waals surface area contributed by atoms with Crippen molar-refractivity contribution in [3.05, 3.63) is 48.5 Å². The molecule has 1 aliphatic heterocycles. The summed E-state index contributed by atoms with van der Waals surface area (Å²) in [6.45, 7) is 2.46. The first kappa shape index (κ1) is 25.1. The largest absolute Gasteiger partial charge is 0.493 e. The van der Waals surface area contributed by atoms with Gasteiger partial charge in [0.2, 0.25) is 17.6 Å². The van der Waals surface area contributed by atoms with E-state index in [0.717, 1.165) is 18.5 Å². The van der Waals surface area contributed by atoms with Crippen LogP contribution in [0.1, 0.15) is 18.4 Å². The van der Waals surface area contributed by atoms with Crippen LogP contribution < -0.4 is 24.8 Å². The molecule has 0 radical (unpaired) electrons. The number of aromatic nitrogens is 5. The highest BCUT2D eigenvalue weighted by Crippen LogP contribution is 2.41. The first-order valence-electron chi connectivity index (χ1n) is 12.3. The summed E-state index contributed by atoms with van der Waals surface area (Å²) >= 11 is 0. The highest BCUT2D eigenvalue weighted by Gasteiger charge is 2.21. The maximum absolute atomic E-state index is 12.1. The number of methoxy groups -OCH3 is 3. The predicted octanol–water partition coefficient (Wildman–Crippen LogP) is 3.23. The number of nitrogens with one attached hydrogen (secondary N) is 2. The molecule has 2 N–H and O–H groups in total. The van der Waals surface area contributed by atoms with Crippen LogP contribution in [0.2, 0.25) is 0 Å². The van der Waals surface area contributed by atoms with Crippen molar-refractivity contribution in [1.29, 1.82) is 0 Å². The van der Waals surface area contributed by atoms with E-state index in [-0.39, 0.29) is 5.91 Å². The van der Waals surface area contributed by atoms with Crippen LogP contribution in [0.4, 0.5) is 17.5 Å². The number of fused-ring (bicyclic) bond motifs is 1. The van der Waals surface area contributed by atoms with E-state index < -0.39 is 0 Å². The number of ether oxygens (including phenoxy) is 3. The number of likely N-dealkylation sites (tertiary alicyclic amines) is 1. The third kappa shape index (κ3) is 5.24. The van der Waals surface area contributed by atoms with Gasteiger partial charge in [-0.3, -0.25) is 9.78 Å². The quantitative estimate of drug-likeness (QED) is 0.305. The topological polar surface area (TPSA) is 129 Å². The molecule has 4 aromatic rings. The molecule has 12 nitrogen and oxygen atoms in total. The van der Waals surface area contributed by atoms with Crippen molar-refractivity contribution in [1.82, 2.24) is 29.4 Å². The van der Waals surface area contributed by atoms with Crippen LogP contribution in [-0.4, -0.2) is 69.7 Å². The van der Waals surface area contributed by atoms with E-state index >= 15 is 0 Å². The number of nitrogens with zero attached hydrogens (tertiary/aromatic N) is 6. The molecule has 1 aliphatic rings. The van der Waals surface area contributed by atoms with E-state index in [1.807, 2.05) is 21.6 Å². The molecule has 5 rings (SSSR count). The van der Waals surface area contributed by atoms with E-state index in [9.17, 15) is 4.79 Å². The second-order valence-corrected chi connectivity index (χ2v) is 8.74. The summed E-state index contributed by atoms with van der Waals surface area (Å²) in [5.41, 5.74) is 2.92. The first-order chi connectivity index (χ1) is 18.6. The molecule has 0 atom stereocenters. The molecular formula is C26H30N8O4. The van der Waals surface area contributed by atoms with Gasteiger partial charge in [-0.1, -0.05) is 6.07 Å². The van der Waals surface area contributed by atoms with Crippen molar-refractivity contribution in [2.45, 2.75) is 25.9 Å². The smallest absolute Gasteiger partial charge is 0.227 e. The van der Waals surface area contributed by atoms with E-state index in [2.05, 4.69) is 20.6 Å². The summed E-state index contributed by atoms with van der Waals surface area (Å²) in [6, 6.07) is 7.46. The molecule has 3 aromatic heterocycles. The van der Waals surface area contributed by atoms with Crippen molar-refractivity contribution >= 4 is 34.5 Å². The molecule has 4 heterocycles. The van der Waals surface area contributed by atoms with Crippen molar-refractivity contribution < 1.29 is 19.0 Å². The number of carbonyl (C=O) groups excluding carboxylic acids is 1. The minimum absolute atomic E-state index is 0.188. The zero-order chi connectivity index (χ0) is 26.5. The van der Waals surface area contributed by atoms with Crippen LogP contribution in [-0.2, 0) is 17.9 Å². The summed E-state index contributed by atoms with van der Waals surface area (Å²) in [7, 11) is 4.69. The number of hydrogen-bond acceptors (Lipinski definition) is 10. The Morgan fingerprint density at radius 2 is 1.87 bits per heavy atom. The first-order valence-corrected chi connectivity index (χ1v) is 12.3. The summed E-state index contributed by atoms with van der Waals surface area (Å²) < 4.78 is 18.4. The number of benzene rings is 1. The molecule has 0 aliphatic carbocycles. The minimum Gasteiger partial charge on any atom is -0.493 e. The van der Waals surface area contributed by atoms with Gasteiger partial charge in [-0.25, -0.2) is 4.98 Å². The molecule has 0 unspecified atom stereocenters. The fraction of sp³-hybridized carbons (Fsp3) is 0.346. The Morgan fingerprint density at radius 3 is 2.53 bits per heavy atom. The average Bonchev–Trinajstić information content (AvgIpc) is 3.56. The third-order valence-electron chi connectivity index (χ3n) is 6.35. The lowest BCUT2D eigenvalue weighted by atomic mass is 10.2. The van der Waals surface area contributed by atoms with Gasteiger partial charge in [-0.2, -0.15) is 9.97 Å². The minimum atomic E-state index is 0.188. The zero-order valence-corrected chi connectivity index (χ0v) is 21.6. The maximum Gasteiger partial charge on any atom is 0.227 e. The van der Waals surface area contributed by atoms with Crippen LogP contribution in [0, 0.1) is 0 Å². The molecular weight excluding hydrogens is 488 g/mol. The number of amides is 1. The van der Waals surface area contributed by atoms with Gasteiger partial charge in [-0.05, 0) is 18.1 Å². The number of carbonyl (C=O) groups is 1. The van der Waals surface area contributed by atoms with E-state index in [0.29, 0.717) is 71.9 Å². The lowest BCUT2D eigenvalue weighted by Gasteiger charge is -2.16.